The second kappa shape index (κ2) is 7.83. The fraction of sp³-hybridized carbons (Fsp3) is 0.381. The van der Waals surface area contributed by atoms with Gasteiger partial charge in [0, 0.05) is 10.4 Å². The van der Waals surface area contributed by atoms with Crippen LogP contribution in [0.25, 0.3) is 21.3 Å². The minimum Gasteiger partial charge on any atom is -0.461 e. The number of hydrogen-bond donors (Lipinski definition) is 0. The maximum Gasteiger partial charge on any atom is 0.329 e. The molecular weight excluding hydrogens is 379 g/mol. The number of halogens is 1. The molecule has 0 saturated heterocycles. The molecule has 3 rings (SSSR count). The number of aromatic nitrogens is 2. The number of aryl methyl sites for hydroxylation is 2. The topological polar surface area (TPSA) is 61.2 Å². The summed E-state index contributed by atoms with van der Waals surface area (Å²) >= 11 is 1.42. The first-order chi connectivity index (χ1) is 13.2. The molecule has 5 nitrogen and oxygen atoms in total. The molecule has 148 valence electrons. The zero-order valence-electron chi connectivity index (χ0n) is 16.6. The highest BCUT2D eigenvalue weighted by Crippen LogP contribution is 2.36. The van der Waals surface area contributed by atoms with Crippen molar-refractivity contribution >= 4 is 27.5 Å². The molecule has 1 atom stereocenters. The second-order valence-electron chi connectivity index (χ2n) is 6.96. The van der Waals surface area contributed by atoms with Gasteiger partial charge in [-0.15, -0.1) is 11.3 Å². The third kappa shape index (κ3) is 3.58. The van der Waals surface area contributed by atoms with E-state index in [2.05, 4.69) is 4.98 Å². The van der Waals surface area contributed by atoms with Crippen molar-refractivity contribution in [2.75, 3.05) is 0 Å². The lowest BCUT2D eigenvalue weighted by molar-refractivity contribution is -0.151. The molecule has 2 heterocycles. The maximum absolute atomic E-state index is 13.5. The molecule has 0 fully saturated rings. The smallest absolute Gasteiger partial charge is 0.329 e. The van der Waals surface area contributed by atoms with E-state index in [0.717, 1.165) is 16.0 Å². The van der Waals surface area contributed by atoms with Crippen molar-refractivity contribution in [3.05, 3.63) is 51.1 Å². The molecule has 0 aliphatic carbocycles. The molecule has 0 N–H and O–H groups in total. The monoisotopic (exact) mass is 402 g/mol. The summed E-state index contributed by atoms with van der Waals surface area (Å²) in [5, 5.41) is 0.454. The summed E-state index contributed by atoms with van der Waals surface area (Å²) in [6, 6.07) is 5.30. The predicted octanol–water partition coefficient (Wildman–Crippen LogP) is 4.78. The molecule has 0 aliphatic heterocycles. The van der Waals surface area contributed by atoms with Crippen LogP contribution in [0.2, 0.25) is 0 Å². The number of esters is 1. The third-order valence-corrected chi connectivity index (χ3v) is 5.56. The molecule has 3 aromatic rings. The van der Waals surface area contributed by atoms with Crippen LogP contribution in [0.5, 0.6) is 0 Å². The minimum atomic E-state index is -0.743. The van der Waals surface area contributed by atoms with Crippen LogP contribution in [0.1, 0.15) is 43.9 Å². The first-order valence-corrected chi connectivity index (χ1v) is 10.0. The van der Waals surface area contributed by atoms with Crippen molar-refractivity contribution in [2.24, 2.45) is 0 Å². The Morgan fingerprint density at radius 3 is 2.46 bits per heavy atom. The molecular formula is C21H23FN2O3S. The number of carbonyl (C=O) groups is 1. The van der Waals surface area contributed by atoms with Crippen molar-refractivity contribution in [3.8, 4) is 11.1 Å². The van der Waals surface area contributed by atoms with Gasteiger partial charge in [0.15, 0.2) is 0 Å². The Balaban J connectivity index is 2.26. The summed E-state index contributed by atoms with van der Waals surface area (Å²) in [5.74, 6) is -0.314. The first-order valence-electron chi connectivity index (χ1n) is 9.23. The number of fused-ring (bicyclic) bond motifs is 1. The molecule has 0 spiro atoms. The molecule has 2 aromatic heterocycles. The van der Waals surface area contributed by atoms with Crippen molar-refractivity contribution in [1.82, 2.24) is 9.55 Å². The number of rotatable bonds is 5. The lowest BCUT2D eigenvalue weighted by Crippen LogP contribution is -2.34. The fourth-order valence-electron chi connectivity index (χ4n) is 3.37. The van der Waals surface area contributed by atoms with Crippen LogP contribution in [0.3, 0.4) is 0 Å². The Kier molecular flexibility index (Phi) is 5.65. The van der Waals surface area contributed by atoms with Gasteiger partial charge in [0.25, 0.3) is 5.56 Å². The summed E-state index contributed by atoms with van der Waals surface area (Å²) in [7, 11) is 0. The van der Waals surface area contributed by atoms with Gasteiger partial charge in [0.05, 0.1) is 11.5 Å². The van der Waals surface area contributed by atoms with E-state index in [1.54, 1.807) is 32.9 Å². The highest BCUT2D eigenvalue weighted by atomic mass is 32.1. The lowest BCUT2D eigenvalue weighted by Gasteiger charge is -2.20. The Bertz CT molecular complexity index is 1080. The highest BCUT2D eigenvalue weighted by Gasteiger charge is 2.27. The van der Waals surface area contributed by atoms with E-state index in [0.29, 0.717) is 22.5 Å². The van der Waals surface area contributed by atoms with Crippen molar-refractivity contribution in [2.45, 2.75) is 53.2 Å². The maximum atomic E-state index is 13.5. The van der Waals surface area contributed by atoms with Crippen LogP contribution < -0.4 is 5.56 Å². The van der Waals surface area contributed by atoms with E-state index in [9.17, 15) is 14.0 Å². The van der Waals surface area contributed by atoms with Gasteiger partial charge >= 0.3 is 5.97 Å². The summed E-state index contributed by atoms with van der Waals surface area (Å²) in [6.07, 6.45) is 0.140. The molecule has 0 bridgehead atoms. The molecule has 7 heteroatoms. The van der Waals surface area contributed by atoms with E-state index in [-0.39, 0.29) is 17.5 Å². The molecule has 0 radical (unpaired) electrons. The summed E-state index contributed by atoms with van der Waals surface area (Å²) < 4.78 is 20.1. The van der Waals surface area contributed by atoms with E-state index >= 15 is 0 Å². The quantitative estimate of drug-likeness (QED) is 0.576. The largest absolute Gasteiger partial charge is 0.461 e. The zero-order chi connectivity index (χ0) is 20.6. The average Bonchev–Trinajstić information content (AvgIpc) is 2.94. The summed E-state index contributed by atoms with van der Waals surface area (Å²) in [5.41, 5.74) is 1.20. The molecule has 0 aliphatic rings. The van der Waals surface area contributed by atoms with E-state index < -0.39 is 12.0 Å². The summed E-state index contributed by atoms with van der Waals surface area (Å²) in [6.45, 7) is 9.02. The minimum absolute atomic E-state index is 0.271. The number of nitrogens with zero attached hydrogens (tertiary/aromatic N) is 2. The molecule has 0 amide bonds. The van der Waals surface area contributed by atoms with Gasteiger partial charge in [-0.25, -0.2) is 14.2 Å². The van der Waals surface area contributed by atoms with Crippen LogP contribution in [0, 0.1) is 19.7 Å². The number of ether oxygens (including phenoxy) is 1. The normalized spacial score (nSPS) is 12.5. The van der Waals surface area contributed by atoms with Gasteiger partial charge in [0.2, 0.25) is 0 Å². The Morgan fingerprint density at radius 2 is 1.89 bits per heavy atom. The Labute approximate surface area is 166 Å². The van der Waals surface area contributed by atoms with Crippen LogP contribution in [0.4, 0.5) is 4.39 Å². The van der Waals surface area contributed by atoms with Gasteiger partial charge in [-0.1, -0.05) is 19.1 Å². The first kappa shape index (κ1) is 20.2. The zero-order valence-corrected chi connectivity index (χ0v) is 17.4. The number of thiophene rings is 1. The number of carbonyl (C=O) groups excluding carboxylic acids is 1. The Hall–Kier alpha value is -2.54. The van der Waals surface area contributed by atoms with Gasteiger partial charge < -0.3 is 4.74 Å². The van der Waals surface area contributed by atoms with Crippen LogP contribution >= 0.6 is 11.3 Å². The average molecular weight is 402 g/mol. The molecule has 28 heavy (non-hydrogen) atoms. The standard InChI is InChI=1S/C21H23FN2O3S/c1-6-16(21(26)27-11(2)3)24-13(5)23-19-18(20(24)25)17(12(4)28-19)14-7-9-15(22)10-8-14/h7-11,16H,6H2,1-5H3. The van der Waals surface area contributed by atoms with Crippen LogP contribution in [-0.2, 0) is 9.53 Å². The Morgan fingerprint density at radius 1 is 1.25 bits per heavy atom. The van der Waals surface area contributed by atoms with Crippen LogP contribution in [-0.4, -0.2) is 21.6 Å². The second-order valence-corrected chi connectivity index (χ2v) is 8.17. The SMILES string of the molecule is CCC(C(=O)OC(C)C)n1c(C)nc2sc(C)c(-c3ccc(F)cc3)c2c1=O. The molecule has 1 aromatic carbocycles. The third-order valence-electron chi connectivity index (χ3n) is 4.57. The van der Waals surface area contributed by atoms with Gasteiger partial charge in [-0.05, 0) is 51.8 Å². The lowest BCUT2D eigenvalue weighted by atomic mass is 10.0. The number of hydrogen-bond acceptors (Lipinski definition) is 5. The van der Waals surface area contributed by atoms with E-state index in [1.807, 2.05) is 13.8 Å². The molecule has 1 unspecified atom stereocenters. The number of benzene rings is 1. The summed E-state index contributed by atoms with van der Waals surface area (Å²) in [4.78, 5) is 32.2. The van der Waals surface area contributed by atoms with Crippen LogP contribution in [0.15, 0.2) is 29.1 Å². The van der Waals surface area contributed by atoms with E-state index in [1.165, 1.54) is 28.0 Å². The van der Waals surface area contributed by atoms with Gasteiger partial charge in [-0.2, -0.15) is 0 Å². The van der Waals surface area contributed by atoms with Gasteiger partial charge in [0.1, 0.15) is 22.5 Å². The predicted molar refractivity (Wildman–Crippen MR) is 109 cm³/mol. The van der Waals surface area contributed by atoms with Crippen molar-refractivity contribution in [3.63, 3.8) is 0 Å². The van der Waals surface area contributed by atoms with Crippen molar-refractivity contribution < 1.29 is 13.9 Å². The fourth-order valence-corrected chi connectivity index (χ4v) is 4.45. The highest BCUT2D eigenvalue weighted by molar-refractivity contribution is 7.19. The van der Waals surface area contributed by atoms with Gasteiger partial charge in [-0.3, -0.25) is 9.36 Å². The van der Waals surface area contributed by atoms with Crippen molar-refractivity contribution in [1.29, 1.82) is 0 Å². The molecule has 0 saturated carbocycles. The van der Waals surface area contributed by atoms with E-state index in [4.69, 9.17) is 4.74 Å².